The van der Waals surface area contributed by atoms with Gasteiger partial charge in [0.2, 0.25) is 0 Å². The Morgan fingerprint density at radius 2 is 1.65 bits per heavy atom. The van der Waals surface area contributed by atoms with Gasteiger partial charge < -0.3 is 10.8 Å². The maximum absolute atomic E-state index is 10.5. The maximum atomic E-state index is 10.5. The summed E-state index contributed by atoms with van der Waals surface area (Å²) in [4.78, 5) is 0. The molecule has 23 heavy (non-hydrogen) atoms. The van der Waals surface area contributed by atoms with Crippen molar-refractivity contribution in [3.05, 3.63) is 0 Å². The predicted molar refractivity (Wildman–Crippen MR) is 94.9 cm³/mol. The molecule has 132 valence electrons. The third-order valence-electron chi connectivity index (χ3n) is 8.94. The van der Waals surface area contributed by atoms with Crippen molar-refractivity contribution < 1.29 is 5.11 Å². The molecule has 4 aliphatic carbocycles. The molecule has 0 bridgehead atoms. The van der Waals surface area contributed by atoms with Crippen molar-refractivity contribution in [1.82, 2.24) is 0 Å². The SMILES string of the molecule is C[C@H](N)[C@H]1CC[C@H]2[C@@H]3CC[C@@H]4C[C@](C)(O)CC[C@@H]4[C@H]3CC[C@]12C. The Balaban J connectivity index is 1.54. The first-order valence-corrected chi connectivity index (χ1v) is 10.3. The second kappa shape index (κ2) is 5.46. The summed E-state index contributed by atoms with van der Waals surface area (Å²) in [6.45, 7) is 6.88. The first-order valence-electron chi connectivity index (χ1n) is 10.3. The molecule has 0 spiro atoms. The van der Waals surface area contributed by atoms with Gasteiger partial charge in [0.25, 0.3) is 0 Å². The molecule has 0 saturated heterocycles. The molecular formula is C21H37NO. The van der Waals surface area contributed by atoms with Crippen molar-refractivity contribution in [3.8, 4) is 0 Å². The Kier molecular flexibility index (Phi) is 3.89. The van der Waals surface area contributed by atoms with Gasteiger partial charge in [-0.05, 0) is 113 Å². The van der Waals surface area contributed by atoms with Crippen LogP contribution >= 0.6 is 0 Å². The highest BCUT2D eigenvalue weighted by atomic mass is 16.3. The average molecular weight is 320 g/mol. The van der Waals surface area contributed by atoms with E-state index >= 15 is 0 Å². The Bertz CT molecular complexity index is 459. The van der Waals surface area contributed by atoms with Gasteiger partial charge in [0.15, 0.2) is 0 Å². The van der Waals surface area contributed by atoms with E-state index in [0.717, 1.165) is 48.3 Å². The van der Waals surface area contributed by atoms with Crippen molar-refractivity contribution >= 4 is 0 Å². The summed E-state index contributed by atoms with van der Waals surface area (Å²) in [7, 11) is 0. The van der Waals surface area contributed by atoms with E-state index < -0.39 is 0 Å². The average Bonchev–Trinajstić information content (AvgIpc) is 2.83. The molecule has 0 heterocycles. The van der Waals surface area contributed by atoms with E-state index in [4.69, 9.17) is 5.73 Å². The van der Waals surface area contributed by atoms with Gasteiger partial charge in [0.1, 0.15) is 0 Å². The van der Waals surface area contributed by atoms with Gasteiger partial charge in [0, 0.05) is 6.04 Å². The topological polar surface area (TPSA) is 46.2 Å². The van der Waals surface area contributed by atoms with Crippen LogP contribution in [0.15, 0.2) is 0 Å². The largest absolute Gasteiger partial charge is 0.390 e. The van der Waals surface area contributed by atoms with E-state index in [2.05, 4.69) is 20.8 Å². The second-order valence-electron chi connectivity index (χ2n) is 10.3. The number of aliphatic hydroxyl groups is 1. The number of nitrogens with two attached hydrogens (primary N) is 1. The minimum absolute atomic E-state index is 0.364. The summed E-state index contributed by atoms with van der Waals surface area (Å²) >= 11 is 0. The van der Waals surface area contributed by atoms with E-state index in [0.29, 0.717) is 11.5 Å². The molecule has 9 atom stereocenters. The predicted octanol–water partition coefficient (Wildman–Crippen LogP) is 4.35. The smallest absolute Gasteiger partial charge is 0.0622 e. The van der Waals surface area contributed by atoms with Gasteiger partial charge in [0.05, 0.1) is 5.60 Å². The molecule has 2 heteroatoms. The van der Waals surface area contributed by atoms with Crippen molar-refractivity contribution in [2.75, 3.05) is 0 Å². The Morgan fingerprint density at radius 1 is 0.913 bits per heavy atom. The molecule has 4 saturated carbocycles. The van der Waals surface area contributed by atoms with Crippen molar-refractivity contribution in [3.63, 3.8) is 0 Å². The van der Waals surface area contributed by atoms with Crippen LogP contribution in [-0.2, 0) is 0 Å². The van der Waals surface area contributed by atoms with Crippen LogP contribution in [0.4, 0.5) is 0 Å². The van der Waals surface area contributed by atoms with Gasteiger partial charge in [-0.3, -0.25) is 0 Å². The van der Waals surface area contributed by atoms with Crippen LogP contribution in [0.2, 0.25) is 0 Å². The van der Waals surface area contributed by atoms with Crippen LogP contribution in [0.25, 0.3) is 0 Å². The standard InChI is InChI=1S/C21H37NO/c1-13(22)18-6-7-19-17-5-4-14-12-20(2,23)10-8-15(14)16(17)9-11-21(18,19)3/h13-19,23H,4-12,22H2,1-3H3/t13-,14+,15-,16+,17+,18+,19-,20+,21+/m0/s1. The van der Waals surface area contributed by atoms with E-state index in [1.165, 1.54) is 44.9 Å². The fourth-order valence-electron chi connectivity index (χ4n) is 7.99. The Hall–Kier alpha value is -0.0800. The van der Waals surface area contributed by atoms with Crippen LogP contribution in [0.1, 0.15) is 78.6 Å². The lowest BCUT2D eigenvalue weighted by Gasteiger charge is -2.57. The summed E-state index contributed by atoms with van der Waals surface area (Å²) < 4.78 is 0. The normalized spacial score (nSPS) is 57.3. The number of rotatable bonds is 1. The first-order chi connectivity index (χ1) is 10.8. The number of fused-ring (bicyclic) bond motifs is 5. The molecule has 0 aromatic rings. The van der Waals surface area contributed by atoms with Crippen molar-refractivity contribution in [1.29, 1.82) is 0 Å². The highest BCUT2D eigenvalue weighted by Crippen LogP contribution is 2.64. The minimum atomic E-state index is -0.384. The zero-order valence-electron chi connectivity index (χ0n) is 15.4. The lowest BCUT2D eigenvalue weighted by molar-refractivity contribution is -0.100. The van der Waals surface area contributed by atoms with Gasteiger partial charge in [-0.25, -0.2) is 0 Å². The summed E-state index contributed by atoms with van der Waals surface area (Å²) in [6, 6.07) is 0.364. The quantitative estimate of drug-likeness (QED) is 0.754. The third kappa shape index (κ3) is 2.51. The highest BCUT2D eigenvalue weighted by Gasteiger charge is 2.57. The summed E-state index contributed by atoms with van der Waals surface area (Å²) in [6.07, 6.45) is 11.8. The van der Waals surface area contributed by atoms with Gasteiger partial charge in [-0.15, -0.1) is 0 Å². The minimum Gasteiger partial charge on any atom is -0.390 e. The maximum Gasteiger partial charge on any atom is 0.0622 e. The fourth-order valence-corrected chi connectivity index (χ4v) is 7.99. The van der Waals surface area contributed by atoms with E-state index in [1.807, 2.05) is 0 Å². The zero-order chi connectivity index (χ0) is 16.4. The third-order valence-corrected chi connectivity index (χ3v) is 8.94. The fraction of sp³-hybridized carbons (Fsp3) is 1.00. The lowest BCUT2D eigenvalue weighted by atomic mass is 9.49. The van der Waals surface area contributed by atoms with Gasteiger partial charge in [-0.2, -0.15) is 0 Å². The molecule has 4 rings (SSSR count). The monoisotopic (exact) mass is 319 g/mol. The summed E-state index contributed by atoms with van der Waals surface area (Å²) in [5, 5.41) is 10.5. The molecule has 0 radical (unpaired) electrons. The Morgan fingerprint density at radius 3 is 2.39 bits per heavy atom. The molecular weight excluding hydrogens is 282 g/mol. The highest BCUT2D eigenvalue weighted by molar-refractivity contribution is 5.07. The van der Waals surface area contributed by atoms with Crippen LogP contribution in [-0.4, -0.2) is 16.7 Å². The van der Waals surface area contributed by atoms with Crippen molar-refractivity contribution in [2.45, 2.75) is 90.2 Å². The molecule has 0 unspecified atom stereocenters. The summed E-state index contributed by atoms with van der Waals surface area (Å²) in [5.74, 6) is 5.30. The molecule has 0 aromatic carbocycles. The molecule has 4 fully saturated rings. The van der Waals surface area contributed by atoms with Crippen molar-refractivity contribution in [2.24, 2.45) is 46.7 Å². The molecule has 2 nitrogen and oxygen atoms in total. The second-order valence-corrected chi connectivity index (χ2v) is 10.3. The molecule has 0 amide bonds. The summed E-state index contributed by atoms with van der Waals surface area (Å²) in [5.41, 5.74) is 6.50. The van der Waals surface area contributed by atoms with Gasteiger partial charge in [-0.1, -0.05) is 6.92 Å². The van der Waals surface area contributed by atoms with Gasteiger partial charge >= 0.3 is 0 Å². The number of hydrogen-bond acceptors (Lipinski definition) is 2. The molecule has 0 aromatic heterocycles. The zero-order valence-corrected chi connectivity index (χ0v) is 15.4. The molecule has 0 aliphatic heterocycles. The van der Waals surface area contributed by atoms with E-state index in [1.54, 1.807) is 0 Å². The lowest BCUT2D eigenvalue weighted by Crippen LogP contribution is -2.51. The first kappa shape index (κ1) is 16.4. The van der Waals surface area contributed by atoms with Crippen LogP contribution in [0, 0.1) is 40.9 Å². The van der Waals surface area contributed by atoms with E-state index in [9.17, 15) is 5.11 Å². The van der Waals surface area contributed by atoms with E-state index in [-0.39, 0.29) is 5.60 Å². The molecule has 4 aliphatic rings. The van der Waals surface area contributed by atoms with Crippen LogP contribution in [0.3, 0.4) is 0 Å². The molecule has 3 N–H and O–H groups in total. The number of hydrogen-bond donors (Lipinski definition) is 2. The Labute approximate surface area is 142 Å². The van der Waals surface area contributed by atoms with Crippen LogP contribution < -0.4 is 5.73 Å². The van der Waals surface area contributed by atoms with Crippen LogP contribution in [0.5, 0.6) is 0 Å².